The van der Waals surface area contributed by atoms with E-state index in [1.165, 1.54) is 7.11 Å². The number of piperidine rings is 1. The number of urea groups is 1. The average Bonchev–Trinajstić information content (AvgIpc) is 2.88. The molecule has 0 spiro atoms. The molecular weight excluding hydrogens is 426 g/mol. The van der Waals surface area contributed by atoms with E-state index < -0.39 is 0 Å². The number of ether oxygens (including phenoxy) is 1. The molecular formula is C28H29N3O3. The first-order valence-corrected chi connectivity index (χ1v) is 11.8. The molecule has 3 aromatic rings. The maximum Gasteiger partial charge on any atom is 0.337 e. The first-order valence-electron chi connectivity index (χ1n) is 11.8. The summed E-state index contributed by atoms with van der Waals surface area (Å²) in [7, 11) is 1.40. The molecule has 3 aromatic carbocycles. The topological polar surface area (TPSA) is 61.9 Å². The molecule has 0 bridgehead atoms. The van der Waals surface area contributed by atoms with E-state index >= 15 is 0 Å². The molecule has 0 aliphatic carbocycles. The van der Waals surface area contributed by atoms with Crippen LogP contribution < -0.4 is 5.32 Å². The normalized spacial score (nSPS) is 18.8. The fourth-order valence-corrected chi connectivity index (χ4v) is 5.18. The Bertz CT molecular complexity index is 1170. The number of esters is 1. The van der Waals surface area contributed by atoms with Crippen molar-refractivity contribution in [1.29, 1.82) is 0 Å². The largest absolute Gasteiger partial charge is 0.465 e. The second kappa shape index (κ2) is 9.69. The number of amides is 2. The molecule has 6 nitrogen and oxygen atoms in total. The van der Waals surface area contributed by atoms with Crippen LogP contribution in [0.25, 0.3) is 0 Å². The van der Waals surface area contributed by atoms with Crippen molar-refractivity contribution < 1.29 is 14.3 Å². The van der Waals surface area contributed by atoms with Crippen LogP contribution in [0.3, 0.4) is 0 Å². The Hall–Kier alpha value is -3.64. The zero-order valence-corrected chi connectivity index (χ0v) is 19.3. The third kappa shape index (κ3) is 4.41. The highest BCUT2D eigenvalue weighted by Gasteiger charge is 2.39. The summed E-state index contributed by atoms with van der Waals surface area (Å²) in [5.74, 6) is -0.316. The van der Waals surface area contributed by atoms with Gasteiger partial charge >= 0.3 is 12.0 Å². The summed E-state index contributed by atoms with van der Waals surface area (Å²) in [6.07, 6.45) is 1.80. The Kier molecular flexibility index (Phi) is 6.32. The van der Waals surface area contributed by atoms with Gasteiger partial charge in [-0.2, -0.15) is 0 Å². The van der Waals surface area contributed by atoms with Crippen molar-refractivity contribution in [3.8, 4) is 0 Å². The first kappa shape index (κ1) is 22.2. The highest BCUT2D eigenvalue weighted by atomic mass is 16.5. The number of hydrogen-bond donors (Lipinski definition) is 1. The van der Waals surface area contributed by atoms with E-state index in [0.717, 1.165) is 54.9 Å². The summed E-state index contributed by atoms with van der Waals surface area (Å²) in [5, 5.41) is 3.11. The number of nitrogens with zero attached hydrogens (tertiary/aromatic N) is 2. The van der Waals surface area contributed by atoms with Gasteiger partial charge in [0.1, 0.15) is 0 Å². The number of anilines is 1. The Morgan fingerprint density at radius 1 is 0.971 bits per heavy atom. The number of para-hydroxylation sites is 1. The lowest BCUT2D eigenvalue weighted by Crippen LogP contribution is -2.52. The van der Waals surface area contributed by atoms with E-state index in [-0.39, 0.29) is 24.1 Å². The van der Waals surface area contributed by atoms with Gasteiger partial charge < -0.3 is 15.0 Å². The van der Waals surface area contributed by atoms with Gasteiger partial charge in [0, 0.05) is 36.9 Å². The molecule has 5 rings (SSSR count). The minimum atomic E-state index is -0.316. The number of nitrogens with one attached hydrogen (secondary N) is 1. The van der Waals surface area contributed by atoms with Gasteiger partial charge in [0.2, 0.25) is 0 Å². The average molecular weight is 456 g/mol. The maximum atomic E-state index is 13.3. The van der Waals surface area contributed by atoms with Crippen molar-refractivity contribution in [2.75, 3.05) is 25.5 Å². The van der Waals surface area contributed by atoms with E-state index in [4.69, 9.17) is 4.74 Å². The lowest BCUT2D eigenvalue weighted by Gasteiger charge is -2.45. The third-order valence-corrected chi connectivity index (χ3v) is 6.83. The first-order chi connectivity index (χ1) is 16.6. The van der Waals surface area contributed by atoms with Crippen molar-refractivity contribution in [1.82, 2.24) is 9.80 Å². The van der Waals surface area contributed by atoms with E-state index in [1.54, 1.807) is 6.07 Å². The quantitative estimate of drug-likeness (QED) is 0.546. The predicted molar refractivity (Wildman–Crippen MR) is 132 cm³/mol. The van der Waals surface area contributed by atoms with Crippen molar-refractivity contribution in [3.05, 3.63) is 101 Å². The number of methoxy groups -OCH3 is 1. The molecule has 6 heteroatoms. The highest BCUT2D eigenvalue weighted by Crippen LogP contribution is 2.40. The van der Waals surface area contributed by atoms with Gasteiger partial charge in [0.25, 0.3) is 0 Å². The minimum absolute atomic E-state index is 0.0308. The van der Waals surface area contributed by atoms with Gasteiger partial charge in [-0.3, -0.25) is 4.90 Å². The SMILES string of the molecule is COC(=O)c1cccc(CN2CCC(N3C(=O)Nc4ccccc4C3c3ccccc3)CC2)c1. The number of likely N-dealkylation sites (tertiary alicyclic amines) is 1. The summed E-state index contributed by atoms with van der Waals surface area (Å²) < 4.78 is 4.85. The van der Waals surface area contributed by atoms with Crippen LogP contribution in [0, 0.1) is 0 Å². The van der Waals surface area contributed by atoms with Gasteiger partial charge in [-0.25, -0.2) is 9.59 Å². The smallest absolute Gasteiger partial charge is 0.337 e. The summed E-state index contributed by atoms with van der Waals surface area (Å²) in [6.45, 7) is 2.55. The van der Waals surface area contributed by atoms with E-state index in [9.17, 15) is 9.59 Å². The van der Waals surface area contributed by atoms with Gasteiger partial charge in [-0.05, 0) is 42.2 Å². The predicted octanol–water partition coefficient (Wildman–Crippen LogP) is 5.07. The molecule has 1 N–H and O–H groups in total. The second-order valence-corrected chi connectivity index (χ2v) is 8.94. The van der Waals surface area contributed by atoms with Crippen LogP contribution in [0.4, 0.5) is 10.5 Å². The standard InChI is InChI=1S/C28H29N3O3/c1-34-27(32)22-11-7-8-20(18-22)19-30-16-14-23(15-17-30)31-26(21-9-3-2-4-10-21)24-12-5-6-13-25(24)29-28(31)33/h2-13,18,23,26H,14-17,19H2,1H3,(H,29,33). The minimum Gasteiger partial charge on any atom is -0.465 e. The van der Waals surface area contributed by atoms with Crippen LogP contribution in [-0.4, -0.2) is 48.0 Å². The van der Waals surface area contributed by atoms with Gasteiger partial charge in [0.15, 0.2) is 0 Å². The summed E-state index contributed by atoms with van der Waals surface area (Å²) in [6, 6.07) is 26.0. The Morgan fingerprint density at radius 3 is 2.47 bits per heavy atom. The van der Waals surface area contributed by atoms with Crippen LogP contribution in [0.1, 0.15) is 45.9 Å². The Balaban J connectivity index is 1.33. The lowest BCUT2D eigenvalue weighted by molar-refractivity contribution is 0.0600. The summed E-state index contributed by atoms with van der Waals surface area (Å²) in [5.41, 5.74) is 4.82. The second-order valence-electron chi connectivity index (χ2n) is 8.94. The summed E-state index contributed by atoms with van der Waals surface area (Å²) in [4.78, 5) is 29.6. The molecule has 0 radical (unpaired) electrons. The molecule has 1 atom stereocenters. The van der Waals surface area contributed by atoms with E-state index in [1.807, 2.05) is 59.5 Å². The monoisotopic (exact) mass is 455 g/mol. The van der Waals surface area contributed by atoms with Crippen LogP contribution in [0.15, 0.2) is 78.9 Å². The van der Waals surface area contributed by atoms with Crippen LogP contribution >= 0.6 is 0 Å². The van der Waals surface area contributed by atoms with Crippen molar-refractivity contribution in [3.63, 3.8) is 0 Å². The fraction of sp³-hybridized carbons (Fsp3) is 0.286. The van der Waals surface area contributed by atoms with Crippen LogP contribution in [-0.2, 0) is 11.3 Å². The van der Waals surface area contributed by atoms with E-state index in [0.29, 0.717) is 5.56 Å². The van der Waals surface area contributed by atoms with Crippen LogP contribution in [0.2, 0.25) is 0 Å². The number of carbonyl (C=O) groups excluding carboxylic acids is 2. The zero-order valence-electron chi connectivity index (χ0n) is 19.3. The van der Waals surface area contributed by atoms with Gasteiger partial charge in [-0.15, -0.1) is 0 Å². The fourth-order valence-electron chi connectivity index (χ4n) is 5.18. The number of carbonyl (C=O) groups is 2. The van der Waals surface area contributed by atoms with Crippen LogP contribution in [0.5, 0.6) is 0 Å². The van der Waals surface area contributed by atoms with Gasteiger partial charge in [-0.1, -0.05) is 60.7 Å². The Labute approximate surface area is 200 Å². The Morgan fingerprint density at radius 2 is 1.71 bits per heavy atom. The molecule has 2 aliphatic rings. The molecule has 0 saturated carbocycles. The molecule has 0 aromatic heterocycles. The molecule has 2 amide bonds. The molecule has 2 heterocycles. The third-order valence-electron chi connectivity index (χ3n) is 6.83. The molecule has 34 heavy (non-hydrogen) atoms. The number of hydrogen-bond acceptors (Lipinski definition) is 4. The number of benzene rings is 3. The number of fused-ring (bicyclic) bond motifs is 1. The molecule has 1 fully saturated rings. The highest BCUT2D eigenvalue weighted by molar-refractivity contribution is 5.94. The molecule has 174 valence electrons. The molecule has 1 saturated heterocycles. The number of rotatable bonds is 5. The van der Waals surface area contributed by atoms with Gasteiger partial charge in [0.05, 0.1) is 18.7 Å². The van der Waals surface area contributed by atoms with Crippen molar-refractivity contribution in [2.24, 2.45) is 0 Å². The zero-order chi connectivity index (χ0) is 23.5. The molecule has 2 aliphatic heterocycles. The van der Waals surface area contributed by atoms with Crippen molar-refractivity contribution in [2.45, 2.75) is 31.5 Å². The molecule has 1 unspecified atom stereocenters. The lowest BCUT2D eigenvalue weighted by atomic mass is 9.90. The van der Waals surface area contributed by atoms with E-state index in [2.05, 4.69) is 28.4 Å². The summed E-state index contributed by atoms with van der Waals surface area (Å²) >= 11 is 0. The maximum absolute atomic E-state index is 13.3. The van der Waals surface area contributed by atoms with Crippen molar-refractivity contribution >= 4 is 17.7 Å².